The minimum absolute atomic E-state index is 0.186. The van der Waals surface area contributed by atoms with E-state index in [1.165, 1.54) is 0 Å². The second kappa shape index (κ2) is 7.61. The second-order valence-corrected chi connectivity index (χ2v) is 6.77. The Labute approximate surface area is 164 Å². The van der Waals surface area contributed by atoms with E-state index in [1.807, 2.05) is 79.7 Å². The van der Waals surface area contributed by atoms with Crippen molar-refractivity contribution >= 4 is 16.6 Å². The van der Waals surface area contributed by atoms with Crippen molar-refractivity contribution in [3.8, 4) is 11.5 Å². The maximum atomic E-state index is 11.0. The molecule has 140 valence electrons. The fraction of sp³-hybridized carbons (Fsp3) is 0.125. The highest BCUT2D eigenvalue weighted by atomic mass is 16.5. The van der Waals surface area contributed by atoms with Crippen LogP contribution in [-0.2, 0) is 0 Å². The molecule has 0 spiro atoms. The molecule has 0 saturated heterocycles. The van der Waals surface area contributed by atoms with Crippen molar-refractivity contribution in [2.45, 2.75) is 13.0 Å². The van der Waals surface area contributed by atoms with Crippen molar-refractivity contribution in [2.75, 3.05) is 12.4 Å². The Kier molecular flexibility index (Phi) is 4.85. The molecular formula is C24H22N2O2. The Morgan fingerprint density at radius 1 is 0.964 bits per heavy atom. The van der Waals surface area contributed by atoms with Crippen LogP contribution < -0.4 is 10.1 Å². The lowest BCUT2D eigenvalue weighted by Crippen LogP contribution is -2.13. The molecule has 2 N–H and O–H groups in total. The van der Waals surface area contributed by atoms with Crippen molar-refractivity contribution in [3.63, 3.8) is 0 Å². The molecule has 4 nitrogen and oxygen atoms in total. The summed E-state index contributed by atoms with van der Waals surface area (Å²) in [6, 6.07) is 23.6. The zero-order valence-electron chi connectivity index (χ0n) is 15.9. The highest BCUT2D eigenvalue weighted by molar-refractivity contribution is 5.86. The van der Waals surface area contributed by atoms with Gasteiger partial charge in [0, 0.05) is 17.1 Å². The Bertz CT molecular complexity index is 1110. The van der Waals surface area contributed by atoms with E-state index in [0.29, 0.717) is 5.52 Å². The van der Waals surface area contributed by atoms with E-state index in [2.05, 4.69) is 10.3 Å². The van der Waals surface area contributed by atoms with Gasteiger partial charge in [-0.15, -0.1) is 0 Å². The molecule has 3 aromatic carbocycles. The Hall–Kier alpha value is -3.53. The number of nitrogens with one attached hydrogen (secondary N) is 1. The van der Waals surface area contributed by atoms with E-state index in [4.69, 9.17) is 4.74 Å². The third kappa shape index (κ3) is 3.37. The van der Waals surface area contributed by atoms with Gasteiger partial charge in [-0.2, -0.15) is 0 Å². The van der Waals surface area contributed by atoms with Crippen molar-refractivity contribution in [1.29, 1.82) is 0 Å². The lowest BCUT2D eigenvalue weighted by atomic mass is 9.96. The highest BCUT2D eigenvalue weighted by Crippen LogP contribution is 2.38. The van der Waals surface area contributed by atoms with E-state index < -0.39 is 0 Å². The summed E-state index contributed by atoms with van der Waals surface area (Å²) in [4.78, 5) is 4.37. The number of fused-ring (bicyclic) bond motifs is 1. The molecule has 0 saturated carbocycles. The van der Waals surface area contributed by atoms with Crippen LogP contribution in [-0.4, -0.2) is 17.2 Å². The van der Waals surface area contributed by atoms with Crippen LogP contribution in [0.1, 0.15) is 22.7 Å². The third-order valence-electron chi connectivity index (χ3n) is 4.88. The molecule has 4 rings (SSSR count). The number of hydrogen-bond acceptors (Lipinski definition) is 4. The number of aromatic nitrogens is 1. The Morgan fingerprint density at radius 3 is 2.57 bits per heavy atom. The number of benzene rings is 3. The van der Waals surface area contributed by atoms with Gasteiger partial charge in [-0.05, 0) is 36.2 Å². The van der Waals surface area contributed by atoms with Crippen LogP contribution >= 0.6 is 0 Å². The summed E-state index contributed by atoms with van der Waals surface area (Å²) in [6.45, 7) is 2.04. The number of hydrogen-bond donors (Lipinski definition) is 2. The molecule has 4 aromatic rings. The van der Waals surface area contributed by atoms with Crippen LogP contribution in [0.3, 0.4) is 0 Å². The smallest absolute Gasteiger partial charge is 0.147 e. The predicted molar refractivity (Wildman–Crippen MR) is 113 cm³/mol. The van der Waals surface area contributed by atoms with Gasteiger partial charge in [-0.1, -0.05) is 54.6 Å². The molecule has 1 unspecified atom stereocenters. The molecule has 0 aliphatic carbocycles. The lowest BCUT2D eigenvalue weighted by molar-refractivity contribution is 0.416. The van der Waals surface area contributed by atoms with Crippen LogP contribution in [0.4, 0.5) is 5.69 Å². The van der Waals surface area contributed by atoms with Gasteiger partial charge in [-0.25, -0.2) is 0 Å². The first-order valence-corrected chi connectivity index (χ1v) is 9.20. The summed E-state index contributed by atoms with van der Waals surface area (Å²) in [7, 11) is 1.66. The van der Waals surface area contributed by atoms with Gasteiger partial charge < -0.3 is 15.2 Å². The number of rotatable bonds is 5. The fourth-order valence-corrected chi connectivity index (χ4v) is 3.45. The number of aryl methyl sites for hydroxylation is 1. The number of nitrogens with zero attached hydrogens (tertiary/aromatic N) is 1. The number of ether oxygens (including phenoxy) is 1. The van der Waals surface area contributed by atoms with Crippen LogP contribution in [0.2, 0.25) is 0 Å². The quantitative estimate of drug-likeness (QED) is 0.490. The summed E-state index contributed by atoms with van der Waals surface area (Å²) in [5.41, 5.74) is 4.40. The predicted octanol–water partition coefficient (Wildman–Crippen LogP) is 5.46. The van der Waals surface area contributed by atoms with Gasteiger partial charge in [0.05, 0.1) is 18.8 Å². The van der Waals surface area contributed by atoms with E-state index in [0.717, 1.165) is 33.5 Å². The first-order chi connectivity index (χ1) is 13.7. The van der Waals surface area contributed by atoms with Crippen molar-refractivity contribution in [2.24, 2.45) is 0 Å². The molecule has 0 bridgehead atoms. The number of phenols is 1. The monoisotopic (exact) mass is 370 g/mol. The number of anilines is 1. The van der Waals surface area contributed by atoms with Gasteiger partial charge in [0.25, 0.3) is 0 Å². The van der Waals surface area contributed by atoms with Gasteiger partial charge in [0.1, 0.15) is 17.0 Å². The maximum Gasteiger partial charge on any atom is 0.147 e. The zero-order valence-corrected chi connectivity index (χ0v) is 15.9. The van der Waals surface area contributed by atoms with E-state index in [1.54, 1.807) is 13.3 Å². The number of pyridine rings is 1. The number of methoxy groups -OCH3 is 1. The molecule has 0 aliphatic rings. The standard InChI is InChI=1S/C24H22N2O2/c1-16-10-13-21(28-2)20(15-16)26-22(17-7-4-3-5-8-17)19-12-11-18-9-6-14-25-23(18)24(19)27/h3-15,22,26-27H,1-2H3. The summed E-state index contributed by atoms with van der Waals surface area (Å²) >= 11 is 0. The van der Waals surface area contributed by atoms with Crippen LogP contribution in [0.5, 0.6) is 11.5 Å². The first kappa shape index (κ1) is 17.9. The lowest BCUT2D eigenvalue weighted by Gasteiger charge is -2.24. The highest BCUT2D eigenvalue weighted by Gasteiger charge is 2.21. The molecule has 1 aromatic heterocycles. The average molecular weight is 370 g/mol. The normalized spacial score (nSPS) is 11.9. The molecule has 4 heteroatoms. The van der Waals surface area contributed by atoms with Crippen LogP contribution in [0.15, 0.2) is 79.0 Å². The van der Waals surface area contributed by atoms with Gasteiger partial charge in [0.15, 0.2) is 0 Å². The van der Waals surface area contributed by atoms with Crippen LogP contribution in [0, 0.1) is 6.92 Å². The largest absolute Gasteiger partial charge is 0.505 e. The minimum atomic E-state index is -0.261. The number of phenolic OH excluding ortho intramolecular Hbond substituents is 1. The molecule has 0 radical (unpaired) electrons. The molecule has 0 aliphatic heterocycles. The fourth-order valence-electron chi connectivity index (χ4n) is 3.45. The average Bonchev–Trinajstić information content (AvgIpc) is 2.74. The zero-order chi connectivity index (χ0) is 19.5. The summed E-state index contributed by atoms with van der Waals surface area (Å²) in [6.07, 6.45) is 1.69. The van der Waals surface area contributed by atoms with Gasteiger partial charge in [-0.3, -0.25) is 4.98 Å². The Morgan fingerprint density at radius 2 is 1.79 bits per heavy atom. The van der Waals surface area contributed by atoms with Crippen LogP contribution in [0.25, 0.3) is 10.9 Å². The minimum Gasteiger partial charge on any atom is -0.505 e. The maximum absolute atomic E-state index is 11.0. The van der Waals surface area contributed by atoms with E-state index in [-0.39, 0.29) is 11.8 Å². The van der Waals surface area contributed by atoms with Gasteiger partial charge in [0.2, 0.25) is 0 Å². The van der Waals surface area contributed by atoms with Crippen molar-refractivity contribution in [3.05, 3.63) is 95.7 Å². The molecule has 0 fully saturated rings. The summed E-state index contributed by atoms with van der Waals surface area (Å²) < 4.78 is 5.54. The second-order valence-electron chi connectivity index (χ2n) is 6.77. The number of aromatic hydroxyl groups is 1. The molecular weight excluding hydrogens is 348 g/mol. The molecule has 1 atom stereocenters. The summed E-state index contributed by atoms with van der Waals surface area (Å²) in [5, 5.41) is 15.5. The third-order valence-corrected chi connectivity index (χ3v) is 4.88. The van der Waals surface area contributed by atoms with Crippen molar-refractivity contribution < 1.29 is 9.84 Å². The van der Waals surface area contributed by atoms with E-state index in [9.17, 15) is 5.11 Å². The SMILES string of the molecule is COc1ccc(C)cc1NC(c1ccccc1)c1ccc2cccnc2c1O. The first-order valence-electron chi connectivity index (χ1n) is 9.20. The van der Waals surface area contributed by atoms with E-state index >= 15 is 0 Å². The topological polar surface area (TPSA) is 54.4 Å². The molecule has 1 heterocycles. The van der Waals surface area contributed by atoms with Gasteiger partial charge >= 0.3 is 0 Å². The summed E-state index contributed by atoms with van der Waals surface area (Å²) in [5.74, 6) is 0.941. The van der Waals surface area contributed by atoms with Crippen molar-refractivity contribution in [1.82, 2.24) is 4.98 Å². The molecule has 28 heavy (non-hydrogen) atoms. The Balaban J connectivity index is 1.86. The molecule has 0 amide bonds.